The van der Waals surface area contributed by atoms with Crippen LogP contribution < -0.4 is 0 Å². The molecule has 0 radical (unpaired) electrons. The topological polar surface area (TPSA) is 30.2 Å². The summed E-state index contributed by atoms with van der Waals surface area (Å²) in [5, 5.41) is 0. The van der Waals surface area contributed by atoms with Gasteiger partial charge in [-0.1, -0.05) is 6.92 Å². The van der Waals surface area contributed by atoms with Crippen molar-refractivity contribution in [1.29, 1.82) is 0 Å². The highest BCUT2D eigenvalue weighted by atomic mass is 35.5. The second kappa shape index (κ2) is 4.12. The molecule has 2 nitrogen and oxygen atoms in total. The van der Waals surface area contributed by atoms with E-state index in [4.69, 9.17) is 4.42 Å². The molecule has 0 aliphatic heterocycles. The zero-order valence-electron chi connectivity index (χ0n) is 5.66. The van der Waals surface area contributed by atoms with Crippen LogP contribution in [0.1, 0.15) is 23.9 Å². The van der Waals surface area contributed by atoms with Crippen molar-refractivity contribution in [3.8, 4) is 0 Å². The highest BCUT2D eigenvalue weighted by molar-refractivity contribution is 5.93. The largest absolute Gasteiger partial charge is 0.461 e. The normalized spacial score (nSPS) is 8.50. The van der Waals surface area contributed by atoms with Crippen LogP contribution in [-0.2, 0) is 0 Å². The predicted molar refractivity (Wildman–Crippen MR) is 40.6 cm³/mol. The van der Waals surface area contributed by atoms with E-state index in [9.17, 15) is 4.79 Å². The van der Waals surface area contributed by atoms with E-state index in [0.29, 0.717) is 12.2 Å². The van der Waals surface area contributed by atoms with Gasteiger partial charge in [-0.15, -0.1) is 12.4 Å². The molecule has 0 saturated heterocycles. The summed E-state index contributed by atoms with van der Waals surface area (Å²) in [6, 6.07) is 3.38. The number of halogens is 1. The Balaban J connectivity index is 0.000000810. The first-order chi connectivity index (χ1) is 4.34. The van der Waals surface area contributed by atoms with Crippen LogP contribution in [0.3, 0.4) is 0 Å². The highest BCUT2D eigenvalue weighted by Gasteiger charge is 2.02. The highest BCUT2D eigenvalue weighted by Crippen LogP contribution is 2.02. The average molecular weight is 161 g/mol. The monoisotopic (exact) mass is 160 g/mol. The summed E-state index contributed by atoms with van der Waals surface area (Å²) < 4.78 is 4.84. The number of carbonyl (C=O) groups is 1. The number of rotatable bonds is 2. The quantitative estimate of drug-likeness (QED) is 0.622. The minimum atomic E-state index is 0. The van der Waals surface area contributed by atoms with Gasteiger partial charge in [0.15, 0.2) is 11.5 Å². The molecule has 0 aliphatic carbocycles. The lowest BCUT2D eigenvalue weighted by atomic mass is 10.2. The molecule has 1 aromatic rings. The molecule has 1 aromatic heterocycles. The summed E-state index contributed by atoms with van der Waals surface area (Å²) in [5.41, 5.74) is 0. The van der Waals surface area contributed by atoms with E-state index >= 15 is 0 Å². The molecule has 0 unspecified atom stereocenters. The van der Waals surface area contributed by atoms with Crippen molar-refractivity contribution in [2.24, 2.45) is 0 Å². The fraction of sp³-hybridized carbons (Fsp3) is 0.286. The molecule has 0 amide bonds. The summed E-state index contributed by atoms with van der Waals surface area (Å²) in [6.45, 7) is 1.81. The summed E-state index contributed by atoms with van der Waals surface area (Å²) in [7, 11) is 0. The van der Waals surface area contributed by atoms with Crippen molar-refractivity contribution in [2.45, 2.75) is 13.3 Å². The van der Waals surface area contributed by atoms with Gasteiger partial charge >= 0.3 is 0 Å². The van der Waals surface area contributed by atoms with Crippen LogP contribution in [0.25, 0.3) is 0 Å². The third-order valence-corrected chi connectivity index (χ3v) is 1.12. The fourth-order valence-electron chi connectivity index (χ4n) is 0.611. The van der Waals surface area contributed by atoms with Crippen LogP contribution in [-0.4, -0.2) is 5.78 Å². The fourth-order valence-corrected chi connectivity index (χ4v) is 0.611. The number of hydrogen-bond donors (Lipinski definition) is 0. The van der Waals surface area contributed by atoms with E-state index in [1.165, 1.54) is 6.26 Å². The molecule has 1 rings (SSSR count). The van der Waals surface area contributed by atoms with Crippen molar-refractivity contribution < 1.29 is 9.21 Å². The van der Waals surface area contributed by atoms with Gasteiger partial charge in [-0.05, 0) is 12.1 Å². The van der Waals surface area contributed by atoms with Crippen molar-refractivity contribution >= 4 is 18.2 Å². The van der Waals surface area contributed by atoms with Crippen molar-refractivity contribution in [2.75, 3.05) is 0 Å². The van der Waals surface area contributed by atoms with Gasteiger partial charge < -0.3 is 4.42 Å². The molecule has 0 N–H and O–H groups in total. The van der Waals surface area contributed by atoms with E-state index in [1.54, 1.807) is 12.1 Å². The van der Waals surface area contributed by atoms with Gasteiger partial charge in [-0.25, -0.2) is 0 Å². The van der Waals surface area contributed by atoms with Crippen LogP contribution in [0.2, 0.25) is 0 Å². The predicted octanol–water partition coefficient (Wildman–Crippen LogP) is 2.29. The minimum absolute atomic E-state index is 0. The molecular weight excluding hydrogens is 152 g/mol. The Morgan fingerprint density at radius 1 is 1.70 bits per heavy atom. The number of furan rings is 1. The number of carbonyl (C=O) groups excluding carboxylic acids is 1. The van der Waals surface area contributed by atoms with Gasteiger partial charge in [0.05, 0.1) is 6.26 Å². The van der Waals surface area contributed by atoms with Gasteiger partial charge in [0.25, 0.3) is 0 Å². The zero-order valence-corrected chi connectivity index (χ0v) is 6.48. The van der Waals surface area contributed by atoms with Gasteiger partial charge in [0, 0.05) is 6.42 Å². The van der Waals surface area contributed by atoms with Gasteiger partial charge in [0.1, 0.15) is 0 Å². The summed E-state index contributed by atoms with van der Waals surface area (Å²) >= 11 is 0. The molecule has 1 heterocycles. The SMILES string of the molecule is CCC(=O)c1ccco1.Cl. The molecular formula is C7H9ClO2. The van der Waals surface area contributed by atoms with E-state index < -0.39 is 0 Å². The number of ketones is 1. The second-order valence-electron chi connectivity index (χ2n) is 1.75. The van der Waals surface area contributed by atoms with Crippen molar-refractivity contribution in [3.05, 3.63) is 24.2 Å². The Morgan fingerprint density at radius 3 is 2.80 bits per heavy atom. The molecule has 10 heavy (non-hydrogen) atoms. The minimum Gasteiger partial charge on any atom is -0.461 e. The first kappa shape index (κ1) is 9.24. The van der Waals surface area contributed by atoms with Crippen LogP contribution in [0.15, 0.2) is 22.8 Å². The molecule has 0 spiro atoms. The van der Waals surface area contributed by atoms with Crippen LogP contribution >= 0.6 is 12.4 Å². The molecule has 3 heteroatoms. The van der Waals surface area contributed by atoms with Crippen molar-refractivity contribution in [1.82, 2.24) is 0 Å². The third kappa shape index (κ3) is 1.88. The van der Waals surface area contributed by atoms with Crippen LogP contribution in [0.5, 0.6) is 0 Å². The lowest BCUT2D eigenvalue weighted by Gasteiger charge is -1.86. The maximum atomic E-state index is 10.8. The Morgan fingerprint density at radius 2 is 2.40 bits per heavy atom. The third-order valence-electron chi connectivity index (χ3n) is 1.12. The van der Waals surface area contributed by atoms with E-state index in [2.05, 4.69) is 0 Å². The Labute approximate surface area is 65.6 Å². The van der Waals surface area contributed by atoms with E-state index in [0.717, 1.165) is 0 Å². The first-order valence-corrected chi connectivity index (χ1v) is 2.91. The van der Waals surface area contributed by atoms with Gasteiger partial charge in [-0.2, -0.15) is 0 Å². The Kier molecular flexibility index (Phi) is 3.81. The zero-order chi connectivity index (χ0) is 6.69. The summed E-state index contributed by atoms with van der Waals surface area (Å²) in [6.07, 6.45) is 2.01. The molecule has 0 bridgehead atoms. The van der Waals surface area contributed by atoms with Crippen LogP contribution in [0.4, 0.5) is 0 Å². The lowest BCUT2D eigenvalue weighted by Crippen LogP contribution is -1.91. The van der Waals surface area contributed by atoms with Crippen LogP contribution in [0, 0.1) is 0 Å². The Hall–Kier alpha value is -0.760. The standard InChI is InChI=1S/C7H8O2.ClH/c1-2-6(8)7-4-3-5-9-7;/h3-5H,2H2,1H3;1H. The maximum Gasteiger partial charge on any atom is 0.197 e. The smallest absolute Gasteiger partial charge is 0.197 e. The van der Waals surface area contributed by atoms with E-state index in [1.807, 2.05) is 6.92 Å². The van der Waals surface area contributed by atoms with Gasteiger partial charge in [-0.3, -0.25) is 4.79 Å². The second-order valence-corrected chi connectivity index (χ2v) is 1.75. The summed E-state index contributed by atoms with van der Waals surface area (Å²) in [4.78, 5) is 10.8. The molecule has 0 aromatic carbocycles. The average Bonchev–Trinajstić information content (AvgIpc) is 2.37. The lowest BCUT2D eigenvalue weighted by molar-refractivity contribution is 0.0961. The molecule has 0 atom stereocenters. The summed E-state index contributed by atoms with van der Waals surface area (Å²) in [5.74, 6) is 0.512. The molecule has 0 fully saturated rings. The maximum absolute atomic E-state index is 10.8. The van der Waals surface area contributed by atoms with Crippen molar-refractivity contribution in [3.63, 3.8) is 0 Å². The van der Waals surface area contributed by atoms with Gasteiger partial charge in [0.2, 0.25) is 0 Å². The molecule has 56 valence electrons. The number of hydrogen-bond acceptors (Lipinski definition) is 2. The molecule has 0 aliphatic rings. The number of Topliss-reactive ketones (excluding diaryl/α,β-unsaturated/α-hetero) is 1. The molecule has 0 saturated carbocycles. The van der Waals surface area contributed by atoms with E-state index in [-0.39, 0.29) is 18.2 Å². The first-order valence-electron chi connectivity index (χ1n) is 2.91. The Bertz CT molecular complexity index is 191.